The Morgan fingerprint density at radius 3 is 2.06 bits per heavy atom. The van der Waals surface area contributed by atoms with Crippen LogP contribution in [-0.4, -0.2) is 24.4 Å². The molecule has 0 aliphatic carbocycles. The third-order valence-electron chi connectivity index (χ3n) is 1.36. The predicted octanol–water partition coefficient (Wildman–Crippen LogP) is -7.86. The van der Waals surface area contributed by atoms with Gasteiger partial charge in [-0.25, -0.2) is 8.42 Å². The molecule has 0 saturated carbocycles. The molecule has 0 radical (unpaired) electrons. The number of hydrogen-bond acceptors (Lipinski definition) is 5. The molecule has 0 amide bonds. The quantitative estimate of drug-likeness (QED) is 0.387. The van der Waals surface area contributed by atoms with E-state index in [0.29, 0.717) is 0 Å². The van der Waals surface area contributed by atoms with Crippen molar-refractivity contribution < 1.29 is 87.5 Å². The van der Waals surface area contributed by atoms with Gasteiger partial charge in [0, 0.05) is 0 Å². The molecule has 0 unspecified atom stereocenters. The number of carbonyl (C=O) groups is 1. The Kier molecular flexibility index (Phi) is 11.7. The standard InChI is InChI=1S/C7H6O5S.2Na.H2O/c8-7(9)5-2-1-3-6(4-5)13(10,11)12;;;/h1-4H,(H,8,9)(H,10,11,12);;;1H2/q;2*+1;/p-2. The van der Waals surface area contributed by atoms with Gasteiger partial charge in [0.25, 0.3) is 0 Å². The van der Waals surface area contributed by atoms with Crippen molar-refractivity contribution in [3.05, 3.63) is 29.8 Å². The molecule has 1 aromatic carbocycles. The first-order valence-corrected chi connectivity index (χ1v) is 4.59. The number of aromatic carboxylic acids is 1. The monoisotopic (exact) mass is 264 g/mol. The minimum Gasteiger partial charge on any atom is -0.744 e. The van der Waals surface area contributed by atoms with Gasteiger partial charge in [0.1, 0.15) is 10.1 Å². The molecule has 0 bridgehead atoms. The molecule has 78 valence electrons. The molecule has 0 saturated heterocycles. The molecule has 16 heavy (non-hydrogen) atoms. The van der Waals surface area contributed by atoms with E-state index in [2.05, 4.69) is 0 Å². The van der Waals surface area contributed by atoms with E-state index in [1.54, 1.807) is 0 Å². The molecule has 0 atom stereocenters. The topological polar surface area (TPSA) is 129 Å². The number of rotatable bonds is 2. The van der Waals surface area contributed by atoms with E-state index >= 15 is 0 Å². The minimum atomic E-state index is -4.60. The minimum absolute atomic E-state index is 0. The molecule has 6 nitrogen and oxygen atoms in total. The average Bonchev–Trinajstić information content (AvgIpc) is 2.03. The van der Waals surface area contributed by atoms with Gasteiger partial charge in [0.2, 0.25) is 0 Å². The molecule has 1 aromatic rings. The first kappa shape index (κ1) is 21.8. The maximum atomic E-state index is 10.4. The summed E-state index contributed by atoms with van der Waals surface area (Å²) in [6.45, 7) is 0. The van der Waals surface area contributed by atoms with Crippen molar-refractivity contribution in [1.82, 2.24) is 0 Å². The summed E-state index contributed by atoms with van der Waals surface area (Å²) in [6.07, 6.45) is 0. The van der Waals surface area contributed by atoms with Gasteiger partial charge in [-0.1, -0.05) is 12.1 Å². The zero-order chi connectivity index (χ0) is 10.1. The van der Waals surface area contributed by atoms with Crippen LogP contribution in [0.2, 0.25) is 0 Å². The van der Waals surface area contributed by atoms with Crippen LogP contribution in [0.25, 0.3) is 0 Å². The number of carboxylic acid groups (broad SMARTS) is 1. The van der Waals surface area contributed by atoms with E-state index in [9.17, 15) is 22.9 Å². The number of benzene rings is 1. The molecule has 0 fully saturated rings. The van der Waals surface area contributed by atoms with Gasteiger partial charge >= 0.3 is 59.1 Å². The molecule has 0 aliphatic rings. The van der Waals surface area contributed by atoms with Crippen molar-refractivity contribution in [2.75, 3.05) is 0 Å². The third-order valence-corrected chi connectivity index (χ3v) is 2.19. The van der Waals surface area contributed by atoms with Crippen LogP contribution in [0.15, 0.2) is 29.2 Å². The Balaban J connectivity index is -0.000000563. The Morgan fingerprint density at radius 1 is 1.19 bits per heavy atom. The Bertz CT molecular complexity index is 444. The largest absolute Gasteiger partial charge is 1.00 e. The van der Waals surface area contributed by atoms with E-state index < -0.39 is 21.0 Å². The molecule has 0 heterocycles. The second-order valence-corrected chi connectivity index (χ2v) is 3.65. The van der Waals surface area contributed by atoms with Crippen LogP contribution in [-0.2, 0) is 10.1 Å². The van der Waals surface area contributed by atoms with E-state index in [1.165, 1.54) is 0 Å². The first-order chi connectivity index (χ1) is 5.91. The zero-order valence-electron chi connectivity index (χ0n) is 8.76. The van der Waals surface area contributed by atoms with Gasteiger partial charge in [0.05, 0.1) is 10.9 Å². The van der Waals surface area contributed by atoms with Gasteiger partial charge < -0.3 is 19.9 Å². The fraction of sp³-hybridized carbons (Fsp3) is 0. The molecule has 9 heteroatoms. The fourth-order valence-electron chi connectivity index (χ4n) is 0.779. The molecule has 0 spiro atoms. The SMILES string of the molecule is O.O=C([O-])c1cccc(S(=O)(=O)[O-])c1.[Na+].[Na+]. The predicted molar refractivity (Wildman–Crippen MR) is 42.3 cm³/mol. The van der Waals surface area contributed by atoms with E-state index in [0.717, 1.165) is 24.3 Å². The molecule has 0 aromatic heterocycles. The normalized spacial score (nSPS) is 9.06. The molecular weight excluding hydrogens is 258 g/mol. The Labute approximate surface area is 137 Å². The Hall–Kier alpha value is 0.560. The summed E-state index contributed by atoms with van der Waals surface area (Å²) in [5, 5.41) is 10.3. The summed E-state index contributed by atoms with van der Waals surface area (Å²) in [5.41, 5.74) is -0.336. The van der Waals surface area contributed by atoms with Crippen LogP contribution in [0.1, 0.15) is 10.4 Å². The first-order valence-electron chi connectivity index (χ1n) is 3.18. The summed E-state index contributed by atoms with van der Waals surface area (Å²) in [5.74, 6) is -1.52. The van der Waals surface area contributed by atoms with Gasteiger partial charge in [-0.05, 0) is 17.7 Å². The summed E-state index contributed by atoms with van der Waals surface area (Å²) < 4.78 is 31.3. The van der Waals surface area contributed by atoms with E-state index in [-0.39, 0.29) is 70.2 Å². The number of carbonyl (C=O) groups excluding carboxylic acids is 1. The fourth-order valence-corrected chi connectivity index (χ4v) is 1.30. The molecule has 1 rings (SSSR count). The maximum absolute atomic E-state index is 10.4. The van der Waals surface area contributed by atoms with Gasteiger partial charge in [-0.3, -0.25) is 0 Å². The molecule has 0 aliphatic heterocycles. The smallest absolute Gasteiger partial charge is 0.744 e. The van der Waals surface area contributed by atoms with Crippen molar-refractivity contribution in [1.29, 1.82) is 0 Å². The molecule has 2 N–H and O–H groups in total. The summed E-state index contributed by atoms with van der Waals surface area (Å²) in [4.78, 5) is 9.70. The summed E-state index contributed by atoms with van der Waals surface area (Å²) >= 11 is 0. The van der Waals surface area contributed by atoms with Gasteiger partial charge in [-0.2, -0.15) is 0 Å². The number of carboxylic acids is 1. The second-order valence-electron chi connectivity index (χ2n) is 2.27. The van der Waals surface area contributed by atoms with Crippen molar-refractivity contribution in [3.8, 4) is 0 Å². The zero-order valence-corrected chi connectivity index (χ0v) is 13.6. The summed E-state index contributed by atoms with van der Waals surface area (Å²) in [6, 6.07) is 4.09. The van der Waals surface area contributed by atoms with E-state index in [4.69, 9.17) is 0 Å². The van der Waals surface area contributed by atoms with Crippen LogP contribution in [0.4, 0.5) is 0 Å². The van der Waals surface area contributed by atoms with Crippen molar-refractivity contribution in [2.45, 2.75) is 4.90 Å². The van der Waals surface area contributed by atoms with Gasteiger partial charge in [0.15, 0.2) is 0 Å². The Morgan fingerprint density at radius 2 is 1.69 bits per heavy atom. The maximum Gasteiger partial charge on any atom is 1.00 e. The number of hydrogen-bond donors (Lipinski definition) is 0. The van der Waals surface area contributed by atoms with E-state index in [1.807, 2.05) is 0 Å². The van der Waals surface area contributed by atoms with Crippen molar-refractivity contribution in [2.24, 2.45) is 0 Å². The van der Waals surface area contributed by atoms with Gasteiger partial charge in [-0.15, -0.1) is 0 Å². The van der Waals surface area contributed by atoms with Crippen molar-refractivity contribution >= 4 is 16.1 Å². The second kappa shape index (κ2) is 8.62. The van der Waals surface area contributed by atoms with Crippen LogP contribution in [0.3, 0.4) is 0 Å². The average molecular weight is 264 g/mol. The van der Waals surface area contributed by atoms with Crippen molar-refractivity contribution in [3.63, 3.8) is 0 Å². The van der Waals surface area contributed by atoms with Crippen LogP contribution in [0, 0.1) is 0 Å². The van der Waals surface area contributed by atoms with Crippen LogP contribution in [0.5, 0.6) is 0 Å². The molecular formula is C7H6Na2O6S. The van der Waals surface area contributed by atoms with Crippen LogP contribution >= 0.6 is 0 Å². The third kappa shape index (κ3) is 6.33. The van der Waals surface area contributed by atoms with Crippen LogP contribution < -0.4 is 64.2 Å². The summed E-state index contributed by atoms with van der Waals surface area (Å²) in [7, 11) is -4.60.